The fourth-order valence-corrected chi connectivity index (χ4v) is 1.10. The Kier molecular flexibility index (Phi) is 3.06. The van der Waals surface area contributed by atoms with E-state index in [0.29, 0.717) is 5.84 Å². The van der Waals surface area contributed by atoms with Crippen LogP contribution in [-0.4, -0.2) is 15.6 Å². The van der Waals surface area contributed by atoms with Crippen molar-refractivity contribution in [1.29, 1.82) is 0 Å². The van der Waals surface area contributed by atoms with Gasteiger partial charge < -0.3 is 5.73 Å². The summed E-state index contributed by atoms with van der Waals surface area (Å²) in [6.07, 6.45) is 3.55. The monoisotopic (exact) mass is 180 g/mol. The lowest BCUT2D eigenvalue weighted by molar-refractivity contribution is 0.746. The number of rotatable bonds is 3. The first-order valence-corrected chi connectivity index (χ1v) is 4.52. The number of nitrogens with two attached hydrogens (primary N) is 1. The second-order valence-corrected chi connectivity index (χ2v) is 2.94. The maximum Gasteiger partial charge on any atom is 0.106 e. The molecule has 0 aliphatic heterocycles. The van der Waals surface area contributed by atoms with Gasteiger partial charge in [0.1, 0.15) is 5.69 Å². The third kappa shape index (κ3) is 2.31. The molecule has 0 saturated heterocycles. The molecule has 1 rings (SSSR count). The van der Waals surface area contributed by atoms with E-state index in [2.05, 4.69) is 17.0 Å². The molecule has 0 bridgehead atoms. The van der Waals surface area contributed by atoms with E-state index >= 15 is 0 Å². The third-order valence-corrected chi connectivity index (χ3v) is 1.84. The standard InChI is InChI=1S/C9H16N4/c1-4-7-8(6-13(3)12-7)11-9(10)5-2/h6H,4-5H2,1-3H3,(H2,10,11). The van der Waals surface area contributed by atoms with Crippen LogP contribution in [0.2, 0.25) is 0 Å². The molecule has 0 aromatic carbocycles. The van der Waals surface area contributed by atoms with Gasteiger partial charge in [-0.05, 0) is 6.42 Å². The van der Waals surface area contributed by atoms with E-state index in [1.54, 1.807) is 4.68 Å². The van der Waals surface area contributed by atoms with E-state index < -0.39 is 0 Å². The van der Waals surface area contributed by atoms with E-state index in [4.69, 9.17) is 5.73 Å². The van der Waals surface area contributed by atoms with Crippen LogP contribution in [0.4, 0.5) is 5.69 Å². The van der Waals surface area contributed by atoms with Crippen molar-refractivity contribution in [2.75, 3.05) is 0 Å². The van der Waals surface area contributed by atoms with Crippen LogP contribution in [0.1, 0.15) is 26.0 Å². The zero-order chi connectivity index (χ0) is 9.84. The molecule has 2 N–H and O–H groups in total. The number of amidine groups is 1. The van der Waals surface area contributed by atoms with Gasteiger partial charge in [-0.15, -0.1) is 0 Å². The lowest BCUT2D eigenvalue weighted by Crippen LogP contribution is -2.08. The van der Waals surface area contributed by atoms with Gasteiger partial charge in [0.2, 0.25) is 0 Å². The van der Waals surface area contributed by atoms with Crippen LogP contribution in [0, 0.1) is 0 Å². The summed E-state index contributed by atoms with van der Waals surface area (Å²) in [5.41, 5.74) is 7.54. The summed E-state index contributed by atoms with van der Waals surface area (Å²) in [6.45, 7) is 4.05. The predicted octanol–water partition coefficient (Wildman–Crippen LogP) is 1.38. The quantitative estimate of drug-likeness (QED) is 0.564. The molecule has 1 heterocycles. The summed E-state index contributed by atoms with van der Waals surface area (Å²) in [5, 5.41) is 4.27. The highest BCUT2D eigenvalue weighted by Gasteiger charge is 2.03. The Morgan fingerprint density at radius 1 is 1.62 bits per heavy atom. The highest BCUT2D eigenvalue weighted by molar-refractivity contribution is 5.82. The molecular formula is C9H16N4. The first-order chi connectivity index (χ1) is 6.17. The lowest BCUT2D eigenvalue weighted by Gasteiger charge is -1.94. The number of hydrogen-bond donors (Lipinski definition) is 1. The molecular weight excluding hydrogens is 164 g/mol. The summed E-state index contributed by atoms with van der Waals surface area (Å²) in [6, 6.07) is 0. The zero-order valence-corrected chi connectivity index (χ0v) is 8.41. The number of nitrogens with zero attached hydrogens (tertiary/aromatic N) is 3. The van der Waals surface area contributed by atoms with Crippen LogP contribution in [0.5, 0.6) is 0 Å². The maximum absolute atomic E-state index is 5.65. The SMILES string of the molecule is CCC(N)=Nc1cn(C)nc1CC. The van der Waals surface area contributed by atoms with Crippen molar-refractivity contribution in [2.24, 2.45) is 17.8 Å². The van der Waals surface area contributed by atoms with Crippen molar-refractivity contribution in [3.8, 4) is 0 Å². The lowest BCUT2D eigenvalue weighted by atomic mass is 10.3. The topological polar surface area (TPSA) is 56.2 Å². The summed E-state index contributed by atoms with van der Waals surface area (Å²) in [7, 11) is 1.89. The molecule has 0 atom stereocenters. The van der Waals surface area contributed by atoms with Crippen LogP contribution < -0.4 is 5.73 Å². The third-order valence-electron chi connectivity index (χ3n) is 1.84. The van der Waals surface area contributed by atoms with Crippen LogP contribution in [-0.2, 0) is 13.5 Å². The Labute approximate surface area is 78.5 Å². The Bertz CT molecular complexity index is 311. The van der Waals surface area contributed by atoms with Gasteiger partial charge in [0.15, 0.2) is 0 Å². The second kappa shape index (κ2) is 4.07. The summed E-state index contributed by atoms with van der Waals surface area (Å²) in [4.78, 5) is 4.28. The Balaban J connectivity index is 2.99. The smallest absolute Gasteiger partial charge is 0.106 e. The van der Waals surface area contributed by atoms with Crippen molar-refractivity contribution < 1.29 is 0 Å². The van der Waals surface area contributed by atoms with Crippen molar-refractivity contribution in [2.45, 2.75) is 26.7 Å². The first-order valence-electron chi connectivity index (χ1n) is 4.52. The van der Waals surface area contributed by atoms with Crippen molar-refractivity contribution in [3.05, 3.63) is 11.9 Å². The minimum atomic E-state index is 0.655. The molecule has 0 aliphatic carbocycles. The van der Waals surface area contributed by atoms with Gasteiger partial charge >= 0.3 is 0 Å². The largest absolute Gasteiger partial charge is 0.387 e. The second-order valence-electron chi connectivity index (χ2n) is 2.94. The Morgan fingerprint density at radius 2 is 2.31 bits per heavy atom. The Hall–Kier alpha value is -1.32. The summed E-state index contributed by atoms with van der Waals surface area (Å²) >= 11 is 0. The number of aryl methyl sites for hydroxylation is 2. The van der Waals surface area contributed by atoms with Crippen molar-refractivity contribution in [1.82, 2.24) is 9.78 Å². The van der Waals surface area contributed by atoms with E-state index in [9.17, 15) is 0 Å². The van der Waals surface area contributed by atoms with Crippen LogP contribution in [0.25, 0.3) is 0 Å². The van der Waals surface area contributed by atoms with Gasteiger partial charge in [0.25, 0.3) is 0 Å². The number of hydrogen-bond acceptors (Lipinski definition) is 2. The van der Waals surface area contributed by atoms with E-state index in [1.165, 1.54) is 0 Å². The van der Waals surface area contributed by atoms with Crippen molar-refractivity contribution in [3.63, 3.8) is 0 Å². The van der Waals surface area contributed by atoms with Gasteiger partial charge in [0.05, 0.1) is 17.7 Å². The normalized spacial score (nSPS) is 12.1. The molecule has 0 radical (unpaired) electrons. The van der Waals surface area contributed by atoms with Gasteiger partial charge in [-0.1, -0.05) is 13.8 Å². The summed E-state index contributed by atoms with van der Waals surface area (Å²) < 4.78 is 1.76. The molecule has 0 fully saturated rings. The molecule has 0 saturated carbocycles. The zero-order valence-electron chi connectivity index (χ0n) is 8.41. The molecule has 72 valence electrons. The predicted molar refractivity (Wildman–Crippen MR) is 54.2 cm³/mol. The highest BCUT2D eigenvalue weighted by Crippen LogP contribution is 2.17. The minimum Gasteiger partial charge on any atom is -0.387 e. The number of aliphatic imine (C=N–C) groups is 1. The van der Waals surface area contributed by atoms with Gasteiger partial charge in [0, 0.05) is 13.5 Å². The van der Waals surface area contributed by atoms with Gasteiger partial charge in [-0.2, -0.15) is 5.10 Å². The molecule has 13 heavy (non-hydrogen) atoms. The van der Waals surface area contributed by atoms with E-state index in [1.807, 2.05) is 20.2 Å². The minimum absolute atomic E-state index is 0.655. The molecule has 1 aromatic heterocycles. The first kappa shape index (κ1) is 9.77. The average molecular weight is 180 g/mol. The van der Waals surface area contributed by atoms with Crippen LogP contribution in [0.3, 0.4) is 0 Å². The van der Waals surface area contributed by atoms with Gasteiger partial charge in [-0.25, -0.2) is 4.99 Å². The molecule has 0 aliphatic rings. The van der Waals surface area contributed by atoms with E-state index in [0.717, 1.165) is 24.2 Å². The molecule has 0 unspecified atom stereocenters. The van der Waals surface area contributed by atoms with Crippen molar-refractivity contribution >= 4 is 11.5 Å². The van der Waals surface area contributed by atoms with Gasteiger partial charge in [-0.3, -0.25) is 4.68 Å². The fraction of sp³-hybridized carbons (Fsp3) is 0.556. The summed E-state index contributed by atoms with van der Waals surface area (Å²) in [5.74, 6) is 0.655. The molecule has 4 heteroatoms. The highest BCUT2D eigenvalue weighted by atomic mass is 15.3. The van der Waals surface area contributed by atoms with Crippen LogP contribution in [0.15, 0.2) is 11.2 Å². The number of aromatic nitrogens is 2. The maximum atomic E-state index is 5.65. The van der Waals surface area contributed by atoms with E-state index in [-0.39, 0.29) is 0 Å². The molecule has 1 aromatic rings. The molecule has 4 nitrogen and oxygen atoms in total. The molecule has 0 spiro atoms. The average Bonchev–Trinajstić information content (AvgIpc) is 2.46. The Morgan fingerprint density at radius 3 is 2.85 bits per heavy atom. The van der Waals surface area contributed by atoms with Crippen LogP contribution >= 0.6 is 0 Å². The molecule has 0 amide bonds. The fourth-order valence-electron chi connectivity index (χ4n) is 1.10.